The standard InChI is InChI=1S/C12H13NO3/c14-10-6-4-5-9(11(10)15)12(16)13-7-2-1-3-8-13/h1-2,4-6,14-15H,3,7-8H2. The van der Waals surface area contributed by atoms with Gasteiger partial charge in [0, 0.05) is 13.1 Å². The maximum Gasteiger partial charge on any atom is 0.258 e. The summed E-state index contributed by atoms with van der Waals surface area (Å²) in [7, 11) is 0. The molecule has 1 aromatic carbocycles. The summed E-state index contributed by atoms with van der Waals surface area (Å²) < 4.78 is 0. The van der Waals surface area contributed by atoms with Crippen molar-refractivity contribution in [2.45, 2.75) is 6.42 Å². The zero-order valence-electron chi connectivity index (χ0n) is 8.76. The average Bonchev–Trinajstić information content (AvgIpc) is 2.33. The summed E-state index contributed by atoms with van der Waals surface area (Å²) in [6.07, 6.45) is 4.76. The number of nitrogens with zero attached hydrogens (tertiary/aromatic N) is 1. The third-order valence-electron chi connectivity index (χ3n) is 2.59. The lowest BCUT2D eigenvalue weighted by Crippen LogP contribution is -2.33. The quantitative estimate of drug-likeness (QED) is 0.556. The highest BCUT2D eigenvalue weighted by atomic mass is 16.3. The Labute approximate surface area is 93.4 Å². The van der Waals surface area contributed by atoms with Crippen molar-refractivity contribution < 1.29 is 15.0 Å². The SMILES string of the molecule is O=C(c1cccc(O)c1O)N1CC=CCC1. The summed E-state index contributed by atoms with van der Waals surface area (Å²) in [6.45, 7) is 1.19. The molecule has 2 rings (SSSR count). The van der Waals surface area contributed by atoms with Crippen LogP contribution in [-0.2, 0) is 0 Å². The first-order chi connectivity index (χ1) is 7.70. The summed E-state index contributed by atoms with van der Waals surface area (Å²) in [5, 5.41) is 18.9. The van der Waals surface area contributed by atoms with Gasteiger partial charge in [0.1, 0.15) is 0 Å². The number of phenolic OH excluding ortho intramolecular Hbond substituents is 2. The van der Waals surface area contributed by atoms with E-state index in [-0.39, 0.29) is 23.0 Å². The molecule has 0 radical (unpaired) electrons. The van der Waals surface area contributed by atoms with E-state index in [0.29, 0.717) is 13.1 Å². The van der Waals surface area contributed by atoms with Crippen LogP contribution in [0.2, 0.25) is 0 Å². The van der Waals surface area contributed by atoms with Crippen molar-refractivity contribution in [3.05, 3.63) is 35.9 Å². The molecule has 0 saturated heterocycles. The van der Waals surface area contributed by atoms with Gasteiger partial charge >= 0.3 is 0 Å². The zero-order valence-corrected chi connectivity index (χ0v) is 8.76. The Morgan fingerprint density at radius 2 is 2.06 bits per heavy atom. The van der Waals surface area contributed by atoms with Crippen molar-refractivity contribution in [1.29, 1.82) is 0 Å². The molecule has 0 bridgehead atoms. The van der Waals surface area contributed by atoms with E-state index < -0.39 is 0 Å². The molecule has 1 aromatic rings. The van der Waals surface area contributed by atoms with Gasteiger partial charge < -0.3 is 15.1 Å². The van der Waals surface area contributed by atoms with Gasteiger partial charge in [0.05, 0.1) is 5.56 Å². The second-order valence-electron chi connectivity index (χ2n) is 3.68. The Morgan fingerprint density at radius 3 is 2.75 bits per heavy atom. The highest BCUT2D eigenvalue weighted by molar-refractivity contribution is 5.97. The summed E-state index contributed by atoms with van der Waals surface area (Å²) in [5.74, 6) is -0.863. The van der Waals surface area contributed by atoms with Crippen molar-refractivity contribution in [3.8, 4) is 11.5 Å². The molecule has 1 aliphatic heterocycles. The van der Waals surface area contributed by atoms with E-state index in [1.807, 2.05) is 12.2 Å². The highest BCUT2D eigenvalue weighted by Gasteiger charge is 2.20. The lowest BCUT2D eigenvalue weighted by molar-refractivity contribution is 0.0767. The first kappa shape index (κ1) is 10.5. The predicted octanol–water partition coefficient (Wildman–Crippen LogP) is 1.50. The monoisotopic (exact) mass is 219 g/mol. The van der Waals surface area contributed by atoms with Crippen LogP contribution in [0.1, 0.15) is 16.8 Å². The number of carbonyl (C=O) groups excluding carboxylic acids is 1. The van der Waals surface area contributed by atoms with E-state index in [9.17, 15) is 15.0 Å². The molecule has 0 unspecified atom stereocenters. The van der Waals surface area contributed by atoms with Crippen molar-refractivity contribution in [3.63, 3.8) is 0 Å². The number of benzene rings is 1. The summed E-state index contributed by atoms with van der Waals surface area (Å²) in [5.41, 5.74) is 0.148. The number of rotatable bonds is 1. The molecular formula is C12H13NO3. The maximum absolute atomic E-state index is 12.0. The van der Waals surface area contributed by atoms with E-state index in [4.69, 9.17) is 0 Å². The largest absolute Gasteiger partial charge is 0.504 e. The molecule has 0 spiro atoms. The minimum Gasteiger partial charge on any atom is -0.504 e. The topological polar surface area (TPSA) is 60.8 Å². The number of hydrogen-bond acceptors (Lipinski definition) is 3. The molecule has 0 aliphatic carbocycles. The predicted molar refractivity (Wildman–Crippen MR) is 59.4 cm³/mol. The molecule has 84 valence electrons. The molecule has 2 N–H and O–H groups in total. The molecule has 1 aliphatic rings. The van der Waals surface area contributed by atoms with Crippen molar-refractivity contribution in [2.75, 3.05) is 13.1 Å². The maximum atomic E-state index is 12.0. The zero-order chi connectivity index (χ0) is 11.5. The van der Waals surface area contributed by atoms with Crippen LogP contribution in [0.4, 0.5) is 0 Å². The first-order valence-corrected chi connectivity index (χ1v) is 5.15. The van der Waals surface area contributed by atoms with Crippen molar-refractivity contribution >= 4 is 5.91 Å². The van der Waals surface area contributed by atoms with E-state index >= 15 is 0 Å². The molecule has 4 heteroatoms. The van der Waals surface area contributed by atoms with E-state index in [1.54, 1.807) is 11.0 Å². The Kier molecular flexibility index (Phi) is 2.81. The third-order valence-corrected chi connectivity index (χ3v) is 2.59. The lowest BCUT2D eigenvalue weighted by atomic mass is 10.1. The second-order valence-corrected chi connectivity index (χ2v) is 3.68. The number of hydrogen-bond donors (Lipinski definition) is 2. The van der Waals surface area contributed by atoms with Crippen LogP contribution in [-0.4, -0.2) is 34.1 Å². The van der Waals surface area contributed by atoms with Gasteiger partial charge in [-0.1, -0.05) is 18.2 Å². The van der Waals surface area contributed by atoms with E-state index in [2.05, 4.69) is 0 Å². The van der Waals surface area contributed by atoms with Crippen LogP contribution in [0.15, 0.2) is 30.4 Å². The Bertz CT molecular complexity index is 440. The number of amides is 1. The summed E-state index contributed by atoms with van der Waals surface area (Å²) in [4.78, 5) is 13.6. The normalized spacial score (nSPS) is 15.1. The molecule has 0 aromatic heterocycles. The van der Waals surface area contributed by atoms with Crippen LogP contribution in [0.25, 0.3) is 0 Å². The third kappa shape index (κ3) is 1.86. The minimum absolute atomic E-state index is 0.148. The molecule has 0 saturated carbocycles. The van der Waals surface area contributed by atoms with Gasteiger partial charge in [0.2, 0.25) is 0 Å². The molecule has 4 nitrogen and oxygen atoms in total. The molecule has 1 amide bonds. The molecule has 1 heterocycles. The number of phenols is 2. The molecule has 0 atom stereocenters. The van der Waals surface area contributed by atoms with Gasteiger partial charge in [-0.25, -0.2) is 0 Å². The van der Waals surface area contributed by atoms with Gasteiger partial charge in [-0.3, -0.25) is 4.79 Å². The minimum atomic E-state index is -0.345. The van der Waals surface area contributed by atoms with Gasteiger partial charge in [0.15, 0.2) is 11.5 Å². The fraction of sp³-hybridized carbons (Fsp3) is 0.250. The summed E-state index contributed by atoms with van der Waals surface area (Å²) in [6, 6.07) is 4.40. The first-order valence-electron chi connectivity index (χ1n) is 5.15. The Morgan fingerprint density at radius 1 is 1.25 bits per heavy atom. The van der Waals surface area contributed by atoms with Gasteiger partial charge in [-0.2, -0.15) is 0 Å². The Hall–Kier alpha value is -1.97. The highest BCUT2D eigenvalue weighted by Crippen LogP contribution is 2.29. The van der Waals surface area contributed by atoms with E-state index in [1.165, 1.54) is 12.1 Å². The van der Waals surface area contributed by atoms with Crippen LogP contribution >= 0.6 is 0 Å². The van der Waals surface area contributed by atoms with Crippen molar-refractivity contribution in [2.24, 2.45) is 0 Å². The fourth-order valence-corrected chi connectivity index (χ4v) is 1.70. The van der Waals surface area contributed by atoms with E-state index in [0.717, 1.165) is 6.42 Å². The smallest absolute Gasteiger partial charge is 0.258 e. The molecule has 0 fully saturated rings. The lowest BCUT2D eigenvalue weighted by Gasteiger charge is -2.23. The summed E-state index contributed by atoms with van der Waals surface area (Å²) >= 11 is 0. The molecular weight excluding hydrogens is 206 g/mol. The average molecular weight is 219 g/mol. The van der Waals surface area contributed by atoms with Gasteiger partial charge in [-0.05, 0) is 18.6 Å². The van der Waals surface area contributed by atoms with Crippen LogP contribution in [0.5, 0.6) is 11.5 Å². The van der Waals surface area contributed by atoms with Gasteiger partial charge in [0.25, 0.3) is 5.91 Å². The van der Waals surface area contributed by atoms with Crippen LogP contribution < -0.4 is 0 Å². The van der Waals surface area contributed by atoms with Crippen molar-refractivity contribution in [1.82, 2.24) is 4.90 Å². The van der Waals surface area contributed by atoms with Crippen LogP contribution in [0.3, 0.4) is 0 Å². The number of para-hydroxylation sites is 1. The van der Waals surface area contributed by atoms with Crippen LogP contribution in [0, 0.1) is 0 Å². The molecule has 16 heavy (non-hydrogen) atoms. The fourth-order valence-electron chi connectivity index (χ4n) is 1.70. The number of aromatic hydroxyl groups is 2. The Balaban J connectivity index is 2.26. The number of carbonyl (C=O) groups is 1. The second kappa shape index (κ2) is 4.26. The van der Waals surface area contributed by atoms with Gasteiger partial charge in [-0.15, -0.1) is 0 Å².